The van der Waals surface area contributed by atoms with E-state index in [1.165, 1.54) is 0 Å². The summed E-state index contributed by atoms with van der Waals surface area (Å²) >= 11 is 3.08. The standard InChI is InChI=1S/C26H24N6O3S3/c1-4-38(34,35)30-20-13-16(19-15-31(3)22-17(19)5-7-27-23(22)33)14-21-18(20)6-10-32(21)26(2,24-28-8-11-36-24)25-29-9-12-37-25/h5-15,30H,4H2,1-3H3,(H,27,33). The van der Waals surface area contributed by atoms with E-state index in [-0.39, 0.29) is 11.3 Å². The second-order valence-corrected chi connectivity index (χ2v) is 12.9. The molecular formula is C26H24N6O3S3. The number of sulfonamides is 1. The van der Waals surface area contributed by atoms with E-state index in [1.54, 1.807) is 52.8 Å². The topological polar surface area (TPSA) is 115 Å². The van der Waals surface area contributed by atoms with Gasteiger partial charge in [0.15, 0.2) is 0 Å². The highest BCUT2D eigenvalue weighted by atomic mass is 32.2. The SMILES string of the molecule is CCS(=O)(=O)Nc1cc(-c2cn(C)c3c(=O)[nH]ccc23)cc2c1ccn2C(C)(c1nccs1)c1nccs1. The summed E-state index contributed by atoms with van der Waals surface area (Å²) in [7, 11) is -1.74. The molecule has 38 heavy (non-hydrogen) atoms. The number of rotatable bonds is 7. The fraction of sp³-hybridized carbons (Fsp3) is 0.192. The summed E-state index contributed by atoms with van der Waals surface area (Å²) in [4.78, 5) is 24.6. The van der Waals surface area contributed by atoms with E-state index in [2.05, 4.69) is 31.2 Å². The van der Waals surface area contributed by atoms with E-state index in [0.717, 1.165) is 37.4 Å². The number of pyridine rings is 1. The fourth-order valence-corrected chi connectivity index (χ4v) is 7.24. The Morgan fingerprint density at radius 1 is 1.08 bits per heavy atom. The number of hydrogen-bond donors (Lipinski definition) is 2. The van der Waals surface area contributed by atoms with E-state index in [4.69, 9.17) is 0 Å². The summed E-state index contributed by atoms with van der Waals surface area (Å²) in [5.74, 6) is -0.0565. The Balaban J connectivity index is 1.68. The van der Waals surface area contributed by atoms with Crippen molar-refractivity contribution in [1.82, 2.24) is 24.1 Å². The quantitative estimate of drug-likeness (QED) is 0.284. The molecule has 194 valence electrons. The van der Waals surface area contributed by atoms with Crippen molar-refractivity contribution < 1.29 is 8.42 Å². The van der Waals surface area contributed by atoms with Crippen molar-refractivity contribution in [3.63, 3.8) is 0 Å². The van der Waals surface area contributed by atoms with Crippen molar-refractivity contribution in [2.45, 2.75) is 19.4 Å². The molecule has 0 atom stereocenters. The van der Waals surface area contributed by atoms with E-state index in [1.807, 2.05) is 54.5 Å². The van der Waals surface area contributed by atoms with Crippen LogP contribution in [0.15, 0.2) is 70.8 Å². The third kappa shape index (κ3) is 3.79. The first-order valence-corrected chi connectivity index (χ1v) is 15.3. The zero-order valence-electron chi connectivity index (χ0n) is 20.8. The monoisotopic (exact) mass is 564 g/mol. The number of aryl methyl sites for hydroxylation is 1. The first-order chi connectivity index (χ1) is 18.2. The van der Waals surface area contributed by atoms with Gasteiger partial charge in [-0.2, -0.15) is 0 Å². The van der Waals surface area contributed by atoms with Crippen molar-refractivity contribution in [2.24, 2.45) is 7.05 Å². The van der Waals surface area contributed by atoms with Crippen LogP contribution in [0, 0.1) is 0 Å². The molecule has 2 N–H and O–H groups in total. The van der Waals surface area contributed by atoms with Gasteiger partial charge in [-0.15, -0.1) is 22.7 Å². The number of benzene rings is 1. The number of nitrogens with zero attached hydrogens (tertiary/aromatic N) is 4. The van der Waals surface area contributed by atoms with Crippen molar-refractivity contribution in [1.29, 1.82) is 0 Å². The minimum atomic E-state index is -3.56. The van der Waals surface area contributed by atoms with Gasteiger partial charge in [-0.25, -0.2) is 18.4 Å². The van der Waals surface area contributed by atoms with Crippen LogP contribution in [0.3, 0.4) is 0 Å². The molecule has 0 unspecified atom stereocenters. The van der Waals surface area contributed by atoms with Gasteiger partial charge in [0.25, 0.3) is 5.56 Å². The maximum atomic E-state index is 12.7. The second kappa shape index (κ2) is 8.93. The van der Waals surface area contributed by atoms with Gasteiger partial charge in [-0.3, -0.25) is 9.52 Å². The lowest BCUT2D eigenvalue weighted by Crippen LogP contribution is -2.32. The maximum absolute atomic E-state index is 12.7. The molecule has 0 aliphatic carbocycles. The molecule has 0 amide bonds. The van der Waals surface area contributed by atoms with E-state index in [9.17, 15) is 13.2 Å². The van der Waals surface area contributed by atoms with Gasteiger partial charge in [0.1, 0.15) is 21.1 Å². The predicted octanol–water partition coefficient (Wildman–Crippen LogP) is 4.97. The molecule has 9 nitrogen and oxygen atoms in total. The number of aromatic amines is 1. The number of nitrogens with one attached hydrogen (secondary N) is 2. The van der Waals surface area contributed by atoms with Crippen molar-refractivity contribution in [3.8, 4) is 11.1 Å². The molecule has 0 aliphatic rings. The third-order valence-electron chi connectivity index (χ3n) is 6.84. The highest BCUT2D eigenvalue weighted by Crippen LogP contribution is 2.42. The lowest BCUT2D eigenvalue weighted by Gasteiger charge is -2.29. The Morgan fingerprint density at radius 2 is 1.79 bits per heavy atom. The Hall–Kier alpha value is -3.74. The number of thiazole rings is 2. The van der Waals surface area contributed by atoms with Gasteiger partial charge in [0.05, 0.1) is 17.0 Å². The Bertz CT molecular complexity index is 1910. The maximum Gasteiger partial charge on any atom is 0.272 e. The molecule has 0 radical (unpaired) electrons. The zero-order chi connectivity index (χ0) is 26.7. The van der Waals surface area contributed by atoms with Gasteiger partial charge < -0.3 is 14.1 Å². The highest BCUT2D eigenvalue weighted by molar-refractivity contribution is 7.92. The third-order valence-corrected chi connectivity index (χ3v) is 10.1. The number of aromatic nitrogens is 5. The first kappa shape index (κ1) is 24.6. The van der Waals surface area contributed by atoms with E-state index >= 15 is 0 Å². The smallest absolute Gasteiger partial charge is 0.272 e. The van der Waals surface area contributed by atoms with E-state index in [0.29, 0.717) is 11.2 Å². The van der Waals surface area contributed by atoms with E-state index < -0.39 is 15.6 Å². The molecule has 1 aromatic carbocycles. The van der Waals surface area contributed by atoms with Crippen molar-refractivity contribution in [2.75, 3.05) is 10.5 Å². The zero-order valence-corrected chi connectivity index (χ0v) is 23.2. The molecule has 5 aromatic heterocycles. The van der Waals surface area contributed by atoms with Gasteiger partial charge in [-0.05, 0) is 43.7 Å². The minimum Gasteiger partial charge on any atom is -0.345 e. The van der Waals surface area contributed by atoms with Crippen LogP contribution in [-0.2, 0) is 22.6 Å². The summed E-state index contributed by atoms with van der Waals surface area (Å²) in [5, 5.41) is 7.13. The molecule has 0 saturated heterocycles. The van der Waals surface area contributed by atoms with Crippen LogP contribution in [0.2, 0.25) is 0 Å². The number of fused-ring (bicyclic) bond motifs is 2. The van der Waals surface area contributed by atoms with Gasteiger partial charge in [0, 0.05) is 65.1 Å². The fourth-order valence-electron chi connectivity index (χ4n) is 4.93. The number of H-pyrrole nitrogens is 1. The summed E-state index contributed by atoms with van der Waals surface area (Å²) in [6, 6.07) is 7.65. The van der Waals surface area contributed by atoms with Crippen LogP contribution < -0.4 is 10.3 Å². The Kier molecular flexibility index (Phi) is 5.78. The summed E-state index contributed by atoms with van der Waals surface area (Å²) in [6.45, 7) is 3.68. The van der Waals surface area contributed by atoms with Crippen molar-refractivity contribution in [3.05, 3.63) is 86.4 Å². The average Bonchev–Trinajstić information content (AvgIpc) is 3.71. The first-order valence-electron chi connectivity index (χ1n) is 11.9. The van der Waals surface area contributed by atoms with Crippen LogP contribution in [-0.4, -0.2) is 38.3 Å². The molecule has 6 aromatic rings. The molecule has 5 heterocycles. The summed E-state index contributed by atoms with van der Waals surface area (Å²) < 4.78 is 32.1. The summed E-state index contributed by atoms with van der Waals surface area (Å²) in [5.41, 5.74) is 2.52. The molecular weight excluding hydrogens is 541 g/mol. The molecule has 6 rings (SSSR count). The summed E-state index contributed by atoms with van der Waals surface area (Å²) in [6.07, 6.45) is 9.02. The van der Waals surface area contributed by atoms with Gasteiger partial charge in [-0.1, -0.05) is 0 Å². The predicted molar refractivity (Wildman–Crippen MR) is 154 cm³/mol. The molecule has 0 spiro atoms. The highest BCUT2D eigenvalue weighted by Gasteiger charge is 2.37. The average molecular weight is 565 g/mol. The van der Waals surface area contributed by atoms with Crippen LogP contribution in [0.25, 0.3) is 32.9 Å². The molecule has 0 aliphatic heterocycles. The Labute approximate surface area is 226 Å². The second-order valence-electron chi connectivity index (χ2n) is 9.12. The minimum absolute atomic E-state index is 0.0565. The molecule has 12 heteroatoms. The van der Waals surface area contributed by atoms with Crippen LogP contribution in [0.1, 0.15) is 23.9 Å². The van der Waals surface area contributed by atoms with Crippen LogP contribution in [0.4, 0.5) is 5.69 Å². The number of anilines is 1. The van der Waals surface area contributed by atoms with Gasteiger partial charge >= 0.3 is 0 Å². The molecule has 0 fully saturated rings. The largest absolute Gasteiger partial charge is 0.345 e. The lowest BCUT2D eigenvalue weighted by atomic mass is 10.0. The van der Waals surface area contributed by atoms with Crippen LogP contribution >= 0.6 is 22.7 Å². The molecule has 0 bridgehead atoms. The van der Waals surface area contributed by atoms with Crippen molar-refractivity contribution >= 4 is 60.2 Å². The number of hydrogen-bond acceptors (Lipinski definition) is 7. The molecule has 0 saturated carbocycles. The normalized spacial score (nSPS) is 12.5. The Morgan fingerprint density at radius 3 is 2.42 bits per heavy atom. The van der Waals surface area contributed by atoms with Gasteiger partial charge in [0.2, 0.25) is 10.0 Å². The lowest BCUT2D eigenvalue weighted by molar-refractivity contribution is 0.486. The van der Waals surface area contributed by atoms with Crippen LogP contribution in [0.5, 0.6) is 0 Å².